The first kappa shape index (κ1) is 22.6. The summed E-state index contributed by atoms with van der Waals surface area (Å²) in [5, 5.41) is 12.0. The third-order valence-corrected chi connectivity index (χ3v) is 5.96. The smallest absolute Gasteiger partial charge is 0.419 e. The topological polar surface area (TPSA) is 75.0 Å². The van der Waals surface area contributed by atoms with Gasteiger partial charge in [0.25, 0.3) is 5.91 Å². The van der Waals surface area contributed by atoms with E-state index in [-0.39, 0.29) is 17.7 Å². The largest absolute Gasteiger partial charge is 0.488 e. The van der Waals surface area contributed by atoms with Gasteiger partial charge in [0, 0.05) is 22.4 Å². The normalized spacial score (nSPS) is 21.5. The van der Waals surface area contributed by atoms with Crippen molar-refractivity contribution in [3.63, 3.8) is 0 Å². The molecule has 1 N–H and O–H groups in total. The van der Waals surface area contributed by atoms with Gasteiger partial charge in [0.1, 0.15) is 17.9 Å². The number of carbonyl (C=O) groups excluding carboxylic acids is 1. The van der Waals surface area contributed by atoms with Crippen molar-refractivity contribution in [3.8, 4) is 11.8 Å². The summed E-state index contributed by atoms with van der Waals surface area (Å²) < 4.78 is 45.7. The predicted octanol–water partition coefficient (Wildman–Crippen LogP) is 4.89. The summed E-state index contributed by atoms with van der Waals surface area (Å²) in [5.74, 6) is -0.287. The lowest BCUT2D eigenvalue weighted by atomic mass is 9.49. The number of pyridine rings is 1. The molecule has 1 fully saturated rings. The number of benzene rings is 1. The summed E-state index contributed by atoms with van der Waals surface area (Å²) in [6.07, 6.45) is -4.08. The van der Waals surface area contributed by atoms with Gasteiger partial charge in [0.15, 0.2) is 5.69 Å². The number of nitrogens with zero attached hydrogens (tertiary/aromatic N) is 2. The second-order valence-electron chi connectivity index (χ2n) is 9.09. The average molecular weight is 431 g/mol. The number of amides is 1. The maximum absolute atomic E-state index is 13.3. The molecule has 0 spiro atoms. The predicted molar refractivity (Wildman–Crippen MR) is 108 cm³/mol. The molecule has 1 aromatic heterocycles. The van der Waals surface area contributed by atoms with Crippen LogP contribution in [0.5, 0.6) is 5.75 Å². The highest BCUT2D eigenvalue weighted by molar-refractivity contribution is 5.94. The van der Waals surface area contributed by atoms with Crippen LogP contribution >= 0.6 is 0 Å². The Hall–Kier alpha value is -3.08. The van der Waals surface area contributed by atoms with E-state index in [0.717, 1.165) is 17.8 Å². The van der Waals surface area contributed by atoms with Crippen LogP contribution in [0.1, 0.15) is 54.9 Å². The Morgan fingerprint density at radius 3 is 2.26 bits per heavy atom. The minimum Gasteiger partial charge on any atom is -0.488 e. The third kappa shape index (κ3) is 4.09. The molecule has 8 heteroatoms. The summed E-state index contributed by atoms with van der Waals surface area (Å²) in [7, 11) is 0. The molecule has 0 atom stereocenters. The zero-order chi connectivity index (χ0) is 23.2. The maximum atomic E-state index is 13.3. The van der Waals surface area contributed by atoms with Gasteiger partial charge in [-0.2, -0.15) is 18.4 Å². The zero-order valence-corrected chi connectivity index (χ0v) is 18.0. The Bertz CT molecular complexity index is 1020. The quantitative estimate of drug-likeness (QED) is 0.748. The molecule has 0 radical (unpaired) electrons. The van der Waals surface area contributed by atoms with E-state index < -0.39 is 34.4 Å². The van der Waals surface area contributed by atoms with Crippen LogP contribution in [0, 0.1) is 29.1 Å². The Morgan fingerprint density at radius 1 is 1.16 bits per heavy atom. The SMILES string of the molecule is Cc1ccc(C(=O)NC2C(C)(C)C(Oc3cnc(C#N)c(C(F)(F)F)c3)C2(C)C)cc1. The van der Waals surface area contributed by atoms with E-state index in [4.69, 9.17) is 10.00 Å². The van der Waals surface area contributed by atoms with Gasteiger partial charge in [-0.3, -0.25) is 4.79 Å². The summed E-state index contributed by atoms with van der Waals surface area (Å²) in [6.45, 7) is 9.51. The molecule has 1 aromatic carbocycles. The van der Waals surface area contributed by atoms with E-state index in [9.17, 15) is 18.0 Å². The second-order valence-corrected chi connectivity index (χ2v) is 9.09. The number of ether oxygens (including phenoxy) is 1. The first-order chi connectivity index (χ1) is 14.3. The Kier molecular flexibility index (Phi) is 5.51. The second kappa shape index (κ2) is 7.56. The summed E-state index contributed by atoms with van der Waals surface area (Å²) in [4.78, 5) is 16.3. The van der Waals surface area contributed by atoms with Gasteiger partial charge in [0.05, 0.1) is 11.8 Å². The van der Waals surface area contributed by atoms with Crippen LogP contribution in [-0.2, 0) is 6.18 Å². The van der Waals surface area contributed by atoms with Gasteiger partial charge in [-0.25, -0.2) is 4.98 Å². The molecule has 5 nitrogen and oxygen atoms in total. The van der Waals surface area contributed by atoms with Crippen LogP contribution in [0.2, 0.25) is 0 Å². The summed E-state index contributed by atoms with van der Waals surface area (Å²) in [6, 6.07) is 9.19. The molecule has 0 bridgehead atoms. The molecular formula is C23H24F3N3O2. The number of rotatable bonds is 4. The molecule has 164 valence electrons. The van der Waals surface area contributed by atoms with Crippen molar-refractivity contribution in [2.45, 2.75) is 52.9 Å². The Balaban J connectivity index is 1.81. The molecule has 0 unspecified atom stereocenters. The van der Waals surface area contributed by atoms with Crippen LogP contribution in [-0.4, -0.2) is 23.0 Å². The van der Waals surface area contributed by atoms with Crippen molar-refractivity contribution < 1.29 is 22.7 Å². The lowest BCUT2D eigenvalue weighted by Gasteiger charge is -2.63. The van der Waals surface area contributed by atoms with Gasteiger partial charge < -0.3 is 10.1 Å². The van der Waals surface area contributed by atoms with Crippen LogP contribution in [0.4, 0.5) is 13.2 Å². The van der Waals surface area contributed by atoms with Gasteiger partial charge in [-0.15, -0.1) is 0 Å². The summed E-state index contributed by atoms with van der Waals surface area (Å²) >= 11 is 0. The van der Waals surface area contributed by atoms with Gasteiger partial charge in [0.2, 0.25) is 0 Å². The van der Waals surface area contributed by atoms with E-state index in [1.165, 1.54) is 6.07 Å². The molecule has 1 saturated carbocycles. The number of hydrogen-bond acceptors (Lipinski definition) is 4. The van der Waals surface area contributed by atoms with Crippen LogP contribution in [0.15, 0.2) is 36.5 Å². The minimum atomic E-state index is -4.72. The molecule has 2 aromatic rings. The highest BCUT2D eigenvalue weighted by Crippen LogP contribution is 2.55. The van der Waals surface area contributed by atoms with Gasteiger partial charge in [-0.1, -0.05) is 45.4 Å². The van der Waals surface area contributed by atoms with E-state index >= 15 is 0 Å². The van der Waals surface area contributed by atoms with Crippen LogP contribution < -0.4 is 10.1 Å². The molecule has 31 heavy (non-hydrogen) atoms. The van der Waals surface area contributed by atoms with Crippen LogP contribution in [0.25, 0.3) is 0 Å². The molecule has 0 saturated heterocycles. The molecule has 1 aliphatic carbocycles. The summed E-state index contributed by atoms with van der Waals surface area (Å²) in [5.41, 5.74) is -1.37. The number of halogens is 3. The molecule has 0 aliphatic heterocycles. The number of alkyl halides is 3. The fraction of sp³-hybridized carbons (Fsp3) is 0.435. The minimum absolute atomic E-state index is 0.0687. The number of nitriles is 1. The molecule has 1 aliphatic rings. The first-order valence-electron chi connectivity index (χ1n) is 9.80. The number of carbonyl (C=O) groups is 1. The molecule has 1 heterocycles. The first-order valence-corrected chi connectivity index (χ1v) is 9.80. The molecule has 3 rings (SSSR count). The lowest BCUT2D eigenvalue weighted by molar-refractivity contribution is -0.165. The number of nitrogens with one attached hydrogen (secondary N) is 1. The fourth-order valence-corrected chi connectivity index (χ4v) is 4.67. The Labute approximate surface area is 179 Å². The van der Waals surface area contributed by atoms with Crippen LogP contribution in [0.3, 0.4) is 0 Å². The van der Waals surface area contributed by atoms with Crippen molar-refractivity contribution in [1.82, 2.24) is 10.3 Å². The number of aromatic nitrogens is 1. The van der Waals surface area contributed by atoms with Crippen molar-refractivity contribution in [1.29, 1.82) is 5.26 Å². The number of hydrogen-bond donors (Lipinski definition) is 1. The van der Waals surface area contributed by atoms with Gasteiger partial charge in [-0.05, 0) is 25.1 Å². The fourth-order valence-electron chi connectivity index (χ4n) is 4.67. The van der Waals surface area contributed by atoms with Crippen molar-refractivity contribution >= 4 is 5.91 Å². The van der Waals surface area contributed by atoms with Gasteiger partial charge >= 0.3 is 6.18 Å². The maximum Gasteiger partial charge on any atom is 0.419 e. The highest BCUT2D eigenvalue weighted by Gasteiger charge is 2.64. The number of aryl methyl sites for hydroxylation is 1. The average Bonchev–Trinajstić information content (AvgIpc) is 2.69. The van der Waals surface area contributed by atoms with E-state index in [2.05, 4.69) is 10.3 Å². The van der Waals surface area contributed by atoms with Crippen molar-refractivity contribution in [2.75, 3.05) is 0 Å². The molecule has 1 amide bonds. The standard InChI is InChI=1S/C23H24F3N3O2/c1-13-6-8-14(9-7-13)18(30)29-19-21(2,3)20(22(19,4)5)31-15-10-16(23(24,25)26)17(11-27)28-12-15/h6-10,12,19-20H,1-5H3,(H,29,30). The Morgan fingerprint density at radius 2 is 1.74 bits per heavy atom. The zero-order valence-electron chi connectivity index (χ0n) is 18.0. The lowest BCUT2D eigenvalue weighted by Crippen LogP contribution is -2.74. The molecular weight excluding hydrogens is 407 g/mol. The van der Waals surface area contributed by atoms with Crippen molar-refractivity contribution in [2.24, 2.45) is 10.8 Å². The third-order valence-electron chi connectivity index (χ3n) is 5.96. The van der Waals surface area contributed by atoms with E-state index in [1.807, 2.05) is 46.8 Å². The monoisotopic (exact) mass is 431 g/mol. The highest BCUT2D eigenvalue weighted by atomic mass is 19.4. The van der Waals surface area contributed by atoms with E-state index in [1.54, 1.807) is 12.1 Å². The van der Waals surface area contributed by atoms with Crippen molar-refractivity contribution in [3.05, 3.63) is 58.9 Å². The van der Waals surface area contributed by atoms with E-state index in [0.29, 0.717) is 5.56 Å².